The zero-order valence-electron chi connectivity index (χ0n) is 10.8. The minimum Gasteiger partial charge on any atom is -0.394 e. The lowest BCUT2D eigenvalue weighted by atomic mass is 9.91. The van der Waals surface area contributed by atoms with Gasteiger partial charge in [0, 0.05) is 12.1 Å². The van der Waals surface area contributed by atoms with Crippen molar-refractivity contribution in [1.82, 2.24) is 10.6 Å². The van der Waals surface area contributed by atoms with E-state index in [1.807, 2.05) is 6.92 Å². The fourth-order valence-electron chi connectivity index (χ4n) is 3.32. The lowest BCUT2D eigenvalue weighted by molar-refractivity contribution is 0.0859. The molecule has 2 rings (SSSR count). The van der Waals surface area contributed by atoms with Gasteiger partial charge in [-0.05, 0) is 45.1 Å². The fraction of sp³-hybridized carbons (Fsp3) is 1.00. The molecule has 3 unspecified atom stereocenters. The van der Waals surface area contributed by atoms with E-state index in [0.717, 1.165) is 6.54 Å². The lowest BCUT2D eigenvalue weighted by Gasteiger charge is -2.35. The Bertz CT molecular complexity index is 238. The molecule has 0 radical (unpaired) electrons. The number of hydrogen-bond acceptors (Lipinski definition) is 4. The Morgan fingerprint density at radius 3 is 2.53 bits per heavy atom. The number of aliphatic hydroxyl groups is 2. The van der Waals surface area contributed by atoms with Gasteiger partial charge in [0.25, 0.3) is 0 Å². The van der Waals surface area contributed by atoms with E-state index >= 15 is 0 Å². The predicted molar refractivity (Wildman–Crippen MR) is 67.9 cm³/mol. The molecule has 17 heavy (non-hydrogen) atoms. The van der Waals surface area contributed by atoms with Crippen LogP contribution in [0.3, 0.4) is 0 Å². The van der Waals surface area contributed by atoms with E-state index in [0.29, 0.717) is 18.0 Å². The average Bonchev–Trinajstić information content (AvgIpc) is 2.98. The summed E-state index contributed by atoms with van der Waals surface area (Å²) in [5, 5.41) is 25.8. The second kappa shape index (κ2) is 5.65. The molecule has 2 aliphatic rings. The van der Waals surface area contributed by atoms with Gasteiger partial charge in [-0.1, -0.05) is 6.42 Å². The third-order valence-electron chi connectivity index (χ3n) is 4.42. The van der Waals surface area contributed by atoms with Crippen molar-refractivity contribution < 1.29 is 10.2 Å². The molecule has 1 aliphatic heterocycles. The monoisotopic (exact) mass is 242 g/mol. The molecule has 4 N–H and O–H groups in total. The van der Waals surface area contributed by atoms with Crippen LogP contribution < -0.4 is 10.6 Å². The van der Waals surface area contributed by atoms with E-state index in [1.165, 1.54) is 32.1 Å². The highest BCUT2D eigenvalue weighted by atomic mass is 16.3. The molecule has 0 aromatic rings. The van der Waals surface area contributed by atoms with Crippen molar-refractivity contribution >= 4 is 0 Å². The van der Waals surface area contributed by atoms with Gasteiger partial charge in [0.15, 0.2) is 0 Å². The zero-order chi connectivity index (χ0) is 12.3. The Morgan fingerprint density at radius 2 is 1.94 bits per heavy atom. The van der Waals surface area contributed by atoms with Crippen LogP contribution in [0.2, 0.25) is 0 Å². The Kier molecular flexibility index (Phi) is 4.42. The Morgan fingerprint density at radius 1 is 1.18 bits per heavy atom. The summed E-state index contributed by atoms with van der Waals surface area (Å²) in [4.78, 5) is 0. The van der Waals surface area contributed by atoms with E-state index in [1.54, 1.807) is 0 Å². The molecular weight excluding hydrogens is 216 g/mol. The summed E-state index contributed by atoms with van der Waals surface area (Å²) in [6.45, 7) is 3.02. The first-order valence-electron chi connectivity index (χ1n) is 6.91. The van der Waals surface area contributed by atoms with Gasteiger partial charge in [-0.3, -0.25) is 0 Å². The number of nitrogens with one attached hydrogen (secondary N) is 2. The van der Waals surface area contributed by atoms with Crippen molar-refractivity contribution in [2.75, 3.05) is 19.8 Å². The van der Waals surface area contributed by atoms with Crippen LogP contribution in [0.15, 0.2) is 0 Å². The van der Waals surface area contributed by atoms with Gasteiger partial charge in [-0.15, -0.1) is 0 Å². The first kappa shape index (κ1) is 13.3. The van der Waals surface area contributed by atoms with E-state index in [2.05, 4.69) is 10.6 Å². The Balaban J connectivity index is 1.94. The summed E-state index contributed by atoms with van der Waals surface area (Å²) < 4.78 is 0. The second-order valence-electron chi connectivity index (χ2n) is 5.93. The minimum absolute atomic E-state index is 0.00911. The highest BCUT2D eigenvalue weighted by Gasteiger charge is 2.38. The normalized spacial score (nSPS) is 34.4. The Hall–Kier alpha value is -0.160. The van der Waals surface area contributed by atoms with Crippen LogP contribution in [0.25, 0.3) is 0 Å². The number of aliphatic hydroxyl groups excluding tert-OH is 2. The molecule has 2 fully saturated rings. The SMILES string of the molecule is CC(CO)(CO)NC1CCCC1C1CCCN1. The smallest absolute Gasteiger partial charge is 0.0633 e. The molecule has 0 spiro atoms. The average molecular weight is 242 g/mol. The molecule has 1 saturated carbocycles. The summed E-state index contributed by atoms with van der Waals surface area (Å²) in [5.74, 6) is 0.662. The van der Waals surface area contributed by atoms with E-state index in [-0.39, 0.29) is 13.2 Å². The summed E-state index contributed by atoms with van der Waals surface area (Å²) in [6, 6.07) is 1.08. The van der Waals surface area contributed by atoms with Crippen LogP contribution in [-0.2, 0) is 0 Å². The first-order valence-corrected chi connectivity index (χ1v) is 6.91. The molecule has 100 valence electrons. The molecule has 3 atom stereocenters. The molecule has 1 heterocycles. The van der Waals surface area contributed by atoms with E-state index in [4.69, 9.17) is 0 Å². The van der Waals surface area contributed by atoms with Gasteiger partial charge in [-0.25, -0.2) is 0 Å². The molecule has 1 aliphatic carbocycles. The van der Waals surface area contributed by atoms with Crippen LogP contribution in [-0.4, -0.2) is 47.6 Å². The van der Waals surface area contributed by atoms with Gasteiger partial charge in [0.2, 0.25) is 0 Å². The fourth-order valence-corrected chi connectivity index (χ4v) is 3.32. The highest BCUT2D eigenvalue weighted by molar-refractivity contribution is 4.97. The number of hydrogen-bond donors (Lipinski definition) is 4. The third-order valence-corrected chi connectivity index (χ3v) is 4.42. The number of rotatable bonds is 5. The van der Waals surface area contributed by atoms with Gasteiger partial charge >= 0.3 is 0 Å². The van der Waals surface area contributed by atoms with Crippen molar-refractivity contribution in [2.24, 2.45) is 5.92 Å². The summed E-state index contributed by atoms with van der Waals surface area (Å²) in [7, 11) is 0. The maximum Gasteiger partial charge on any atom is 0.0633 e. The molecule has 1 saturated heterocycles. The zero-order valence-corrected chi connectivity index (χ0v) is 10.8. The molecule has 0 aromatic carbocycles. The molecule has 0 bridgehead atoms. The van der Waals surface area contributed by atoms with Crippen LogP contribution >= 0.6 is 0 Å². The topological polar surface area (TPSA) is 64.5 Å². The summed E-state index contributed by atoms with van der Waals surface area (Å²) in [5.41, 5.74) is -0.536. The minimum atomic E-state index is -0.536. The van der Waals surface area contributed by atoms with Gasteiger partial charge in [-0.2, -0.15) is 0 Å². The van der Waals surface area contributed by atoms with Crippen LogP contribution in [0, 0.1) is 5.92 Å². The van der Waals surface area contributed by atoms with Gasteiger partial charge < -0.3 is 20.8 Å². The Labute approximate surface area is 104 Å². The molecular formula is C13H26N2O2. The van der Waals surface area contributed by atoms with Gasteiger partial charge in [0.1, 0.15) is 0 Å². The lowest BCUT2D eigenvalue weighted by Crippen LogP contribution is -2.56. The maximum atomic E-state index is 9.36. The summed E-state index contributed by atoms with van der Waals surface area (Å²) in [6.07, 6.45) is 6.25. The summed E-state index contributed by atoms with van der Waals surface area (Å²) >= 11 is 0. The van der Waals surface area contributed by atoms with E-state index < -0.39 is 5.54 Å². The standard InChI is InChI=1S/C13H26N2O2/c1-13(8-16,9-17)15-12-5-2-4-10(12)11-6-3-7-14-11/h10-12,14-17H,2-9H2,1H3. The van der Waals surface area contributed by atoms with Gasteiger partial charge in [0.05, 0.1) is 18.8 Å². The highest BCUT2D eigenvalue weighted by Crippen LogP contribution is 2.32. The van der Waals surface area contributed by atoms with Crippen LogP contribution in [0.4, 0.5) is 0 Å². The molecule has 4 nitrogen and oxygen atoms in total. The van der Waals surface area contributed by atoms with Crippen molar-refractivity contribution in [3.63, 3.8) is 0 Å². The molecule has 4 heteroatoms. The maximum absolute atomic E-state index is 9.36. The van der Waals surface area contributed by atoms with Crippen molar-refractivity contribution in [2.45, 2.75) is 56.7 Å². The van der Waals surface area contributed by atoms with Crippen molar-refractivity contribution in [3.05, 3.63) is 0 Å². The molecule has 0 aromatic heterocycles. The van der Waals surface area contributed by atoms with Crippen molar-refractivity contribution in [3.8, 4) is 0 Å². The largest absolute Gasteiger partial charge is 0.394 e. The van der Waals surface area contributed by atoms with Crippen LogP contribution in [0.1, 0.15) is 39.0 Å². The van der Waals surface area contributed by atoms with Crippen molar-refractivity contribution in [1.29, 1.82) is 0 Å². The quantitative estimate of drug-likeness (QED) is 0.558. The first-order chi connectivity index (χ1) is 8.18. The predicted octanol–water partition coefficient (Wildman–Crippen LogP) is 0.240. The third kappa shape index (κ3) is 2.99. The van der Waals surface area contributed by atoms with Crippen LogP contribution in [0.5, 0.6) is 0 Å². The molecule has 0 amide bonds. The van der Waals surface area contributed by atoms with E-state index in [9.17, 15) is 10.2 Å². The second-order valence-corrected chi connectivity index (χ2v) is 5.93.